The average molecular weight is 435 g/mol. The number of sulfonamides is 1. The van der Waals surface area contributed by atoms with Gasteiger partial charge >= 0.3 is 6.03 Å². The summed E-state index contributed by atoms with van der Waals surface area (Å²) < 4.78 is 24.7. The van der Waals surface area contributed by atoms with Gasteiger partial charge in [-0.25, -0.2) is 13.2 Å². The predicted molar refractivity (Wildman–Crippen MR) is 107 cm³/mol. The van der Waals surface area contributed by atoms with Gasteiger partial charge in [0.05, 0.1) is 16.3 Å². The molecule has 3 rings (SSSR count). The fourth-order valence-corrected chi connectivity index (χ4v) is 4.88. The van der Waals surface area contributed by atoms with E-state index in [9.17, 15) is 13.2 Å². The zero-order valence-corrected chi connectivity index (χ0v) is 17.7. The van der Waals surface area contributed by atoms with Gasteiger partial charge in [0.1, 0.15) is 0 Å². The number of piperazine rings is 1. The molecule has 27 heavy (non-hydrogen) atoms. The molecular formula is C17H24Cl2N4O3S. The number of urea groups is 1. The summed E-state index contributed by atoms with van der Waals surface area (Å²) in [5, 5.41) is 4.30. The number of likely N-dealkylation sites (tertiary alicyclic amines) is 1. The fourth-order valence-electron chi connectivity index (χ4n) is 3.74. The smallest absolute Gasteiger partial charge is 0.320 e. The lowest BCUT2D eigenvalue weighted by molar-refractivity contribution is 0.141. The SMILES string of the molecule is CN[C@@H]1CN(C(=O)N2CCN(S(C)(=O)=O)CC2)C[C@@H]1c1ccc(Cl)c(Cl)c1. The Morgan fingerprint density at radius 2 is 1.74 bits per heavy atom. The van der Waals surface area contributed by atoms with Crippen LogP contribution in [0.3, 0.4) is 0 Å². The number of nitrogens with one attached hydrogen (secondary N) is 1. The standard InChI is InChI=1S/C17H24Cl2N4O3S/c1-20-16-11-22(10-13(16)12-3-4-14(18)15(19)9-12)17(24)21-5-7-23(8-6-21)27(2,25)26/h3-4,9,13,16,20H,5-8,10-11H2,1-2H3/t13-,16-/m1/s1. The molecule has 2 amide bonds. The maximum Gasteiger partial charge on any atom is 0.320 e. The summed E-state index contributed by atoms with van der Waals surface area (Å²) in [6, 6.07) is 5.65. The molecule has 2 heterocycles. The van der Waals surface area contributed by atoms with Crippen LogP contribution in [0.2, 0.25) is 10.0 Å². The Balaban J connectivity index is 1.67. The Bertz CT molecular complexity index is 812. The molecule has 1 N–H and O–H groups in total. The van der Waals surface area contributed by atoms with Crippen molar-refractivity contribution in [2.75, 3.05) is 52.6 Å². The van der Waals surface area contributed by atoms with E-state index in [2.05, 4.69) is 5.32 Å². The number of nitrogens with zero attached hydrogens (tertiary/aromatic N) is 3. The number of carbonyl (C=O) groups is 1. The second-order valence-electron chi connectivity index (χ2n) is 7.01. The summed E-state index contributed by atoms with van der Waals surface area (Å²) in [4.78, 5) is 16.5. The quantitative estimate of drug-likeness (QED) is 0.784. The van der Waals surface area contributed by atoms with Crippen LogP contribution >= 0.6 is 23.2 Å². The molecule has 2 fully saturated rings. The molecule has 2 aliphatic heterocycles. The highest BCUT2D eigenvalue weighted by Gasteiger charge is 2.38. The molecule has 0 spiro atoms. The van der Waals surface area contributed by atoms with E-state index < -0.39 is 10.0 Å². The van der Waals surface area contributed by atoms with Crippen LogP contribution in [0.4, 0.5) is 4.79 Å². The summed E-state index contributed by atoms with van der Waals surface area (Å²) in [5.41, 5.74) is 1.04. The van der Waals surface area contributed by atoms with Gasteiger partial charge in [0.2, 0.25) is 10.0 Å². The molecule has 2 saturated heterocycles. The molecule has 1 aromatic rings. The molecule has 0 radical (unpaired) electrons. The Morgan fingerprint density at radius 3 is 2.30 bits per heavy atom. The van der Waals surface area contributed by atoms with Gasteiger partial charge in [0.25, 0.3) is 0 Å². The molecule has 1 aromatic carbocycles. The number of halogens is 2. The minimum Gasteiger partial charge on any atom is -0.322 e. The van der Waals surface area contributed by atoms with Crippen molar-refractivity contribution in [3.05, 3.63) is 33.8 Å². The number of hydrogen-bond donors (Lipinski definition) is 1. The highest BCUT2D eigenvalue weighted by atomic mass is 35.5. The summed E-state index contributed by atoms with van der Waals surface area (Å²) in [6.07, 6.45) is 1.20. The van der Waals surface area contributed by atoms with Gasteiger partial charge in [0, 0.05) is 51.2 Å². The molecule has 7 nitrogen and oxygen atoms in total. The molecule has 150 valence electrons. The van der Waals surface area contributed by atoms with Crippen molar-refractivity contribution >= 4 is 39.3 Å². The first kappa shape index (κ1) is 20.7. The van der Waals surface area contributed by atoms with E-state index in [4.69, 9.17) is 23.2 Å². The van der Waals surface area contributed by atoms with E-state index in [1.807, 2.05) is 24.1 Å². The second-order valence-corrected chi connectivity index (χ2v) is 9.81. The van der Waals surface area contributed by atoms with Crippen molar-refractivity contribution in [1.29, 1.82) is 0 Å². The third-order valence-electron chi connectivity index (χ3n) is 5.31. The molecule has 0 saturated carbocycles. The maximum atomic E-state index is 12.9. The van der Waals surface area contributed by atoms with E-state index >= 15 is 0 Å². The monoisotopic (exact) mass is 434 g/mol. The normalized spacial score (nSPS) is 24.4. The topological polar surface area (TPSA) is 73.0 Å². The van der Waals surface area contributed by atoms with Crippen LogP contribution in [0, 0.1) is 0 Å². The summed E-state index contributed by atoms with van der Waals surface area (Å²) in [5.74, 6) is 0.117. The highest BCUT2D eigenvalue weighted by molar-refractivity contribution is 7.88. The number of rotatable bonds is 3. The number of carbonyl (C=O) groups excluding carboxylic acids is 1. The molecule has 0 aliphatic carbocycles. The van der Waals surface area contributed by atoms with Crippen molar-refractivity contribution in [2.45, 2.75) is 12.0 Å². The van der Waals surface area contributed by atoms with Gasteiger partial charge in [0.15, 0.2) is 0 Å². The number of amides is 2. The Labute approximate surface area is 170 Å². The number of likely N-dealkylation sites (N-methyl/N-ethyl adjacent to an activating group) is 1. The van der Waals surface area contributed by atoms with Gasteiger partial charge in [-0.1, -0.05) is 29.3 Å². The lowest BCUT2D eigenvalue weighted by Crippen LogP contribution is -2.53. The van der Waals surface area contributed by atoms with Gasteiger partial charge in [-0.2, -0.15) is 4.31 Å². The molecule has 10 heteroatoms. The van der Waals surface area contributed by atoms with Crippen LogP contribution in [0.1, 0.15) is 11.5 Å². The first-order valence-electron chi connectivity index (χ1n) is 8.82. The lowest BCUT2D eigenvalue weighted by Gasteiger charge is -2.35. The Kier molecular flexibility index (Phi) is 6.22. The number of benzene rings is 1. The molecule has 2 atom stereocenters. The number of hydrogen-bond acceptors (Lipinski definition) is 4. The fraction of sp³-hybridized carbons (Fsp3) is 0.588. The zero-order valence-electron chi connectivity index (χ0n) is 15.4. The largest absolute Gasteiger partial charge is 0.322 e. The van der Waals surface area contributed by atoms with Crippen LogP contribution in [0.15, 0.2) is 18.2 Å². The van der Waals surface area contributed by atoms with E-state index in [1.165, 1.54) is 10.6 Å². The van der Waals surface area contributed by atoms with Crippen molar-refractivity contribution in [3.8, 4) is 0 Å². The third-order valence-corrected chi connectivity index (χ3v) is 7.35. The van der Waals surface area contributed by atoms with Gasteiger partial charge < -0.3 is 15.1 Å². The molecular weight excluding hydrogens is 411 g/mol. The van der Waals surface area contributed by atoms with Crippen LogP contribution in [-0.4, -0.2) is 87.2 Å². The van der Waals surface area contributed by atoms with Crippen molar-refractivity contribution in [3.63, 3.8) is 0 Å². The van der Waals surface area contributed by atoms with E-state index in [0.717, 1.165) is 5.56 Å². The van der Waals surface area contributed by atoms with Crippen LogP contribution < -0.4 is 5.32 Å². The third kappa shape index (κ3) is 4.51. The van der Waals surface area contributed by atoms with Crippen LogP contribution in [0.5, 0.6) is 0 Å². The first-order valence-corrected chi connectivity index (χ1v) is 11.4. The van der Waals surface area contributed by atoms with Crippen molar-refractivity contribution in [2.24, 2.45) is 0 Å². The molecule has 0 unspecified atom stereocenters. The molecule has 2 aliphatic rings. The average Bonchev–Trinajstić information content (AvgIpc) is 3.07. The summed E-state index contributed by atoms with van der Waals surface area (Å²) in [6.45, 7) is 2.66. The molecule has 0 bridgehead atoms. The Morgan fingerprint density at radius 1 is 1.07 bits per heavy atom. The second kappa shape index (κ2) is 8.13. The van der Waals surface area contributed by atoms with Gasteiger partial charge in [-0.3, -0.25) is 0 Å². The summed E-state index contributed by atoms with van der Waals surface area (Å²) >= 11 is 12.2. The highest BCUT2D eigenvalue weighted by Crippen LogP contribution is 2.32. The van der Waals surface area contributed by atoms with Crippen molar-refractivity contribution in [1.82, 2.24) is 19.4 Å². The first-order chi connectivity index (χ1) is 12.7. The lowest BCUT2D eigenvalue weighted by atomic mass is 9.94. The van der Waals surface area contributed by atoms with E-state index in [1.54, 1.807) is 11.0 Å². The van der Waals surface area contributed by atoms with Crippen LogP contribution in [-0.2, 0) is 10.0 Å². The predicted octanol–water partition coefficient (Wildman–Crippen LogP) is 1.68. The zero-order chi connectivity index (χ0) is 19.8. The summed E-state index contributed by atoms with van der Waals surface area (Å²) in [7, 11) is -1.33. The minimum atomic E-state index is -3.21. The Hall–Kier alpha value is -1.06. The minimum absolute atomic E-state index is 0.0500. The van der Waals surface area contributed by atoms with Gasteiger partial charge in [-0.15, -0.1) is 0 Å². The van der Waals surface area contributed by atoms with Crippen LogP contribution in [0.25, 0.3) is 0 Å². The van der Waals surface area contributed by atoms with Gasteiger partial charge in [-0.05, 0) is 24.7 Å². The van der Waals surface area contributed by atoms with E-state index in [-0.39, 0.29) is 18.0 Å². The maximum absolute atomic E-state index is 12.9. The van der Waals surface area contributed by atoms with E-state index in [0.29, 0.717) is 49.3 Å². The molecule has 0 aromatic heterocycles. The van der Waals surface area contributed by atoms with Crippen molar-refractivity contribution < 1.29 is 13.2 Å².